The lowest BCUT2D eigenvalue weighted by Crippen LogP contribution is -2.49. The summed E-state index contributed by atoms with van der Waals surface area (Å²) < 4.78 is 31.6. The SMILES string of the molecule is CCc1nc2cnc3[nH]ccc3c2n1C1CCN(CC)CC1(F)F. The number of H-pyrrole nitrogens is 1. The topological polar surface area (TPSA) is 49.7 Å². The summed E-state index contributed by atoms with van der Waals surface area (Å²) >= 11 is 0. The lowest BCUT2D eigenvalue weighted by molar-refractivity contribution is -0.102. The van der Waals surface area contributed by atoms with E-state index in [1.165, 1.54) is 0 Å². The van der Waals surface area contributed by atoms with Gasteiger partial charge in [0.25, 0.3) is 5.92 Å². The lowest BCUT2D eigenvalue weighted by Gasteiger charge is -2.39. The molecule has 0 amide bonds. The number of piperidine rings is 1. The number of hydrogen-bond acceptors (Lipinski definition) is 3. The second kappa shape index (κ2) is 5.51. The van der Waals surface area contributed by atoms with Crippen LogP contribution in [0.4, 0.5) is 8.78 Å². The largest absolute Gasteiger partial charge is 0.346 e. The van der Waals surface area contributed by atoms with Crippen LogP contribution in [0.5, 0.6) is 0 Å². The third-order valence-corrected chi connectivity index (χ3v) is 5.02. The van der Waals surface area contributed by atoms with E-state index < -0.39 is 12.0 Å². The number of halogens is 2. The molecule has 1 N–H and O–H groups in total. The molecule has 1 unspecified atom stereocenters. The summed E-state index contributed by atoms with van der Waals surface area (Å²) in [7, 11) is 0. The molecule has 0 radical (unpaired) electrons. The van der Waals surface area contributed by atoms with Crippen molar-refractivity contribution in [3.63, 3.8) is 0 Å². The molecule has 0 aromatic carbocycles. The number of pyridine rings is 1. The predicted molar refractivity (Wildman–Crippen MR) is 89.5 cm³/mol. The number of rotatable bonds is 3. The molecule has 1 aliphatic heterocycles. The minimum Gasteiger partial charge on any atom is -0.346 e. The second-order valence-corrected chi connectivity index (χ2v) is 6.42. The highest BCUT2D eigenvalue weighted by atomic mass is 19.3. The number of fused-ring (bicyclic) bond motifs is 3. The molecule has 0 spiro atoms. The van der Waals surface area contributed by atoms with Crippen molar-refractivity contribution < 1.29 is 8.78 Å². The average Bonchev–Trinajstić information content (AvgIpc) is 3.16. The van der Waals surface area contributed by atoms with Crippen LogP contribution in [0.25, 0.3) is 22.1 Å². The Hall–Kier alpha value is -2.02. The molecule has 0 aliphatic carbocycles. The Morgan fingerprint density at radius 1 is 1.38 bits per heavy atom. The molecule has 7 heteroatoms. The Morgan fingerprint density at radius 3 is 2.92 bits per heavy atom. The van der Waals surface area contributed by atoms with Gasteiger partial charge in [-0.05, 0) is 19.0 Å². The van der Waals surface area contributed by atoms with Crippen molar-refractivity contribution in [1.29, 1.82) is 0 Å². The Morgan fingerprint density at radius 2 is 2.21 bits per heavy atom. The molecular formula is C17H21F2N5. The molecule has 1 saturated heterocycles. The van der Waals surface area contributed by atoms with E-state index in [2.05, 4.69) is 15.0 Å². The molecule has 5 nitrogen and oxygen atoms in total. The normalized spacial score (nSPS) is 21.8. The molecule has 1 atom stereocenters. The zero-order valence-electron chi connectivity index (χ0n) is 13.9. The predicted octanol–water partition coefficient (Wildman–Crippen LogP) is 3.38. The highest BCUT2D eigenvalue weighted by Gasteiger charge is 2.46. The first kappa shape index (κ1) is 15.5. The minimum absolute atomic E-state index is 0.196. The number of nitrogens with zero attached hydrogens (tertiary/aromatic N) is 4. The number of hydrogen-bond donors (Lipinski definition) is 1. The third-order valence-electron chi connectivity index (χ3n) is 5.02. The Balaban J connectivity index is 1.93. The van der Waals surface area contributed by atoms with Crippen molar-refractivity contribution in [1.82, 2.24) is 24.4 Å². The van der Waals surface area contributed by atoms with Crippen LogP contribution < -0.4 is 0 Å². The number of likely N-dealkylation sites (tertiary alicyclic amines) is 1. The first-order valence-electron chi connectivity index (χ1n) is 8.48. The zero-order valence-corrected chi connectivity index (χ0v) is 13.9. The van der Waals surface area contributed by atoms with Gasteiger partial charge in [-0.1, -0.05) is 13.8 Å². The van der Waals surface area contributed by atoms with Crippen LogP contribution in [0.3, 0.4) is 0 Å². The number of alkyl halides is 2. The number of nitrogens with one attached hydrogen (secondary N) is 1. The highest BCUT2D eigenvalue weighted by molar-refractivity contribution is 6.01. The van der Waals surface area contributed by atoms with E-state index in [1.54, 1.807) is 17.0 Å². The summed E-state index contributed by atoms with van der Waals surface area (Å²) in [4.78, 5) is 13.8. The van der Waals surface area contributed by atoms with Crippen LogP contribution in [0.2, 0.25) is 0 Å². The van der Waals surface area contributed by atoms with Gasteiger partial charge in [-0.2, -0.15) is 0 Å². The van der Waals surface area contributed by atoms with Crippen molar-refractivity contribution >= 4 is 22.1 Å². The fourth-order valence-electron chi connectivity index (χ4n) is 3.81. The maximum Gasteiger partial charge on any atom is 0.280 e. The molecule has 3 aromatic rings. The number of imidazole rings is 1. The fourth-order valence-corrected chi connectivity index (χ4v) is 3.81. The van der Waals surface area contributed by atoms with Gasteiger partial charge in [0.15, 0.2) is 0 Å². The van der Waals surface area contributed by atoms with Gasteiger partial charge in [0.2, 0.25) is 0 Å². The second-order valence-electron chi connectivity index (χ2n) is 6.42. The van der Waals surface area contributed by atoms with Crippen molar-refractivity contribution in [2.24, 2.45) is 0 Å². The summed E-state index contributed by atoms with van der Waals surface area (Å²) in [5, 5.41) is 0.855. The van der Waals surface area contributed by atoms with Gasteiger partial charge in [0.1, 0.15) is 23.0 Å². The summed E-state index contributed by atoms with van der Waals surface area (Å²) in [6, 6.07) is 1.03. The van der Waals surface area contributed by atoms with E-state index in [9.17, 15) is 8.78 Å². The molecule has 4 heterocycles. The quantitative estimate of drug-likeness (QED) is 0.799. The number of aryl methyl sites for hydroxylation is 1. The first-order valence-corrected chi connectivity index (χ1v) is 8.48. The monoisotopic (exact) mass is 333 g/mol. The Bertz CT molecular complexity index is 882. The summed E-state index contributed by atoms with van der Waals surface area (Å²) in [5.41, 5.74) is 2.17. The van der Waals surface area contributed by atoms with Gasteiger partial charge in [0, 0.05) is 24.5 Å². The van der Waals surface area contributed by atoms with Crippen LogP contribution in [0.15, 0.2) is 18.5 Å². The number of aromatic amines is 1. The van der Waals surface area contributed by atoms with E-state index in [0.717, 1.165) is 10.9 Å². The van der Waals surface area contributed by atoms with Gasteiger partial charge in [-0.3, -0.25) is 4.90 Å². The summed E-state index contributed by atoms with van der Waals surface area (Å²) in [6.45, 7) is 5.02. The number of aromatic nitrogens is 4. The smallest absolute Gasteiger partial charge is 0.280 e. The average molecular weight is 333 g/mol. The molecule has 4 rings (SSSR count). The molecular weight excluding hydrogens is 312 g/mol. The van der Waals surface area contributed by atoms with E-state index in [-0.39, 0.29) is 6.54 Å². The van der Waals surface area contributed by atoms with Crippen molar-refractivity contribution in [2.75, 3.05) is 19.6 Å². The maximum atomic E-state index is 14.9. The molecule has 128 valence electrons. The van der Waals surface area contributed by atoms with Crippen molar-refractivity contribution in [3.05, 3.63) is 24.3 Å². The van der Waals surface area contributed by atoms with E-state index in [0.29, 0.717) is 42.9 Å². The molecule has 0 bridgehead atoms. The Kier molecular flexibility index (Phi) is 3.56. The standard InChI is InChI=1S/C17H21F2N5/c1-3-14-22-12-9-21-16-11(5-7-20-16)15(12)24(14)13-6-8-23(4-2)10-17(13,18)19/h5,7,9,13H,3-4,6,8,10H2,1-2H3,(H,20,21). The highest BCUT2D eigenvalue weighted by Crippen LogP contribution is 2.40. The van der Waals surface area contributed by atoms with Gasteiger partial charge in [-0.25, -0.2) is 18.7 Å². The lowest BCUT2D eigenvalue weighted by atomic mass is 9.99. The van der Waals surface area contributed by atoms with Gasteiger partial charge >= 0.3 is 0 Å². The first-order chi connectivity index (χ1) is 11.5. The summed E-state index contributed by atoms with van der Waals surface area (Å²) in [5.74, 6) is -2.08. The maximum absolute atomic E-state index is 14.9. The van der Waals surface area contributed by atoms with Gasteiger partial charge in [0.05, 0.1) is 18.3 Å². The zero-order chi connectivity index (χ0) is 16.9. The molecule has 1 fully saturated rings. The third kappa shape index (κ3) is 2.22. The van der Waals surface area contributed by atoms with Crippen LogP contribution in [-0.2, 0) is 6.42 Å². The van der Waals surface area contributed by atoms with Gasteiger partial charge < -0.3 is 9.55 Å². The molecule has 0 saturated carbocycles. The summed E-state index contributed by atoms with van der Waals surface area (Å²) in [6.07, 6.45) is 4.50. The van der Waals surface area contributed by atoms with Crippen molar-refractivity contribution in [2.45, 2.75) is 38.7 Å². The molecule has 24 heavy (non-hydrogen) atoms. The van der Waals surface area contributed by atoms with Crippen molar-refractivity contribution in [3.8, 4) is 0 Å². The van der Waals surface area contributed by atoms with E-state index >= 15 is 0 Å². The van der Waals surface area contributed by atoms with E-state index in [4.69, 9.17) is 0 Å². The van der Waals surface area contributed by atoms with E-state index in [1.807, 2.05) is 24.8 Å². The fraction of sp³-hybridized carbons (Fsp3) is 0.529. The van der Waals surface area contributed by atoms with Gasteiger partial charge in [-0.15, -0.1) is 0 Å². The minimum atomic E-state index is -2.78. The molecule has 3 aromatic heterocycles. The van der Waals surface area contributed by atoms with Crippen LogP contribution in [0.1, 0.15) is 32.1 Å². The molecule has 1 aliphatic rings. The van der Waals surface area contributed by atoms with Crippen LogP contribution in [0, 0.1) is 0 Å². The van der Waals surface area contributed by atoms with Crippen LogP contribution >= 0.6 is 0 Å². The Labute approximate surface area is 138 Å². The van der Waals surface area contributed by atoms with Crippen LogP contribution in [-0.4, -0.2) is 50.0 Å².